The minimum atomic E-state index is -0.216. The van der Waals surface area contributed by atoms with Crippen LogP contribution in [0.5, 0.6) is 0 Å². The van der Waals surface area contributed by atoms with Gasteiger partial charge in [-0.3, -0.25) is 0 Å². The Balaban J connectivity index is -0.000000321. The zero-order chi connectivity index (χ0) is 13.9. The minimum Gasteiger partial charge on any atom is -0.381 e. The van der Waals surface area contributed by atoms with Crippen molar-refractivity contribution in [3.63, 3.8) is 0 Å². The fourth-order valence-electron chi connectivity index (χ4n) is 0.681. The van der Waals surface area contributed by atoms with Gasteiger partial charge in [0.1, 0.15) is 0 Å². The quantitative estimate of drug-likeness (QED) is 0.481. The molecule has 0 saturated heterocycles. The van der Waals surface area contributed by atoms with Crippen molar-refractivity contribution in [2.45, 2.75) is 47.5 Å². The van der Waals surface area contributed by atoms with Gasteiger partial charge in [-0.1, -0.05) is 34.6 Å². The van der Waals surface area contributed by atoms with Crippen LogP contribution in [-0.4, -0.2) is 12.5 Å². The average molecular weight is 326 g/mol. The smallest absolute Gasteiger partial charge is 0.0797 e. The first-order valence-electron chi connectivity index (χ1n) is 6.06. The molecule has 0 aromatic carbocycles. The molecule has 0 bridgehead atoms. The maximum Gasteiger partial charge on any atom is 0.0797 e. The van der Waals surface area contributed by atoms with Crippen LogP contribution in [0.3, 0.4) is 0 Å². The fourth-order valence-corrected chi connectivity index (χ4v) is 0.681. The summed E-state index contributed by atoms with van der Waals surface area (Å²) in [5.74, 6) is 6.31. The van der Waals surface area contributed by atoms with E-state index in [1.165, 1.54) is 0 Å². The van der Waals surface area contributed by atoms with E-state index in [9.17, 15) is 4.79 Å². The third-order valence-corrected chi connectivity index (χ3v) is 1.19. The largest absolute Gasteiger partial charge is 0.381 e. The number of unbranched alkanes of at least 4 members (excludes halogenated alkanes) is 1. The van der Waals surface area contributed by atoms with E-state index in [2.05, 4.69) is 65.6 Å². The first kappa shape index (κ1) is 23.1. The summed E-state index contributed by atoms with van der Waals surface area (Å²) in [6.45, 7) is 18.0. The van der Waals surface area contributed by atoms with Crippen LogP contribution in [0.2, 0.25) is 0 Å². The molecule has 0 unspecified atom stereocenters. The molecule has 0 aromatic heterocycles. The molecular formula is C15H27NOY-2. The summed E-state index contributed by atoms with van der Waals surface area (Å²) < 4.78 is 0. The van der Waals surface area contributed by atoms with Gasteiger partial charge < -0.3 is 24.0 Å². The van der Waals surface area contributed by atoms with E-state index in [4.69, 9.17) is 0 Å². The Labute approximate surface area is 139 Å². The van der Waals surface area contributed by atoms with E-state index in [-0.39, 0.29) is 44.0 Å². The van der Waals surface area contributed by atoms with E-state index < -0.39 is 0 Å². The number of carbonyl (C=O) groups is 1. The fraction of sp³-hybridized carbons (Fsp3) is 0.667. The van der Waals surface area contributed by atoms with Crippen LogP contribution in [0.25, 0.3) is 0 Å². The Morgan fingerprint density at radius 3 is 2.11 bits per heavy atom. The molecular weight excluding hydrogens is 299 g/mol. The van der Waals surface area contributed by atoms with Crippen molar-refractivity contribution in [1.82, 2.24) is 5.32 Å². The SMILES string of the molecule is [CH2-]C(=O)NCCCC#CC(C)C.[CH2-]C(C)(C)C.[Y]. The normalized spacial score (nSPS) is 9.28. The number of rotatable bonds is 3. The molecule has 0 aliphatic carbocycles. The maximum atomic E-state index is 10.3. The van der Waals surface area contributed by atoms with Gasteiger partial charge in [0.25, 0.3) is 0 Å². The van der Waals surface area contributed by atoms with Crippen LogP contribution in [-0.2, 0) is 37.5 Å². The minimum absolute atomic E-state index is 0. The van der Waals surface area contributed by atoms with Crippen LogP contribution in [0.4, 0.5) is 0 Å². The van der Waals surface area contributed by atoms with Gasteiger partial charge in [-0.05, 0) is 6.42 Å². The molecule has 1 N–H and O–H groups in total. The van der Waals surface area contributed by atoms with E-state index in [0.29, 0.717) is 12.5 Å². The van der Waals surface area contributed by atoms with Crippen molar-refractivity contribution in [3.05, 3.63) is 13.8 Å². The van der Waals surface area contributed by atoms with Crippen LogP contribution in [0, 0.1) is 37.0 Å². The predicted octanol–water partition coefficient (Wildman–Crippen LogP) is 3.24. The summed E-state index contributed by atoms with van der Waals surface area (Å²) in [5, 5.41) is 2.62. The standard InChI is InChI=1S/C10H16NO.C5H11.Y/c1-9(2)7-5-4-6-8-11-10(3)12;1-5(2,3)4;/h9H,3-4,6,8H2,1-2H3,(H,11,12);1H2,2-4H3;/q2*-1;. The van der Waals surface area contributed by atoms with Gasteiger partial charge >= 0.3 is 0 Å². The predicted molar refractivity (Wildman–Crippen MR) is 75.0 cm³/mol. The third kappa shape index (κ3) is 44.4. The topological polar surface area (TPSA) is 29.1 Å². The Bertz CT molecular complexity index is 250. The molecule has 0 saturated carbocycles. The summed E-state index contributed by atoms with van der Waals surface area (Å²) in [6, 6.07) is 0. The van der Waals surface area contributed by atoms with Crippen LogP contribution >= 0.6 is 0 Å². The average Bonchev–Trinajstić information content (AvgIpc) is 2.07. The van der Waals surface area contributed by atoms with Gasteiger partial charge in [0.05, 0.1) is 5.91 Å². The van der Waals surface area contributed by atoms with Crippen molar-refractivity contribution in [3.8, 4) is 11.8 Å². The zero-order valence-corrected chi connectivity index (χ0v) is 15.4. The molecule has 18 heavy (non-hydrogen) atoms. The number of amides is 1. The van der Waals surface area contributed by atoms with Gasteiger partial charge in [0.15, 0.2) is 0 Å². The van der Waals surface area contributed by atoms with Gasteiger partial charge in [-0.2, -0.15) is 5.41 Å². The van der Waals surface area contributed by atoms with Crippen molar-refractivity contribution >= 4 is 5.91 Å². The van der Waals surface area contributed by atoms with Crippen molar-refractivity contribution in [1.29, 1.82) is 0 Å². The second-order valence-corrected chi connectivity index (χ2v) is 5.49. The molecule has 1 radical (unpaired) electrons. The number of hydrogen-bond donors (Lipinski definition) is 1. The van der Waals surface area contributed by atoms with Crippen molar-refractivity contribution in [2.24, 2.45) is 11.3 Å². The molecule has 0 heterocycles. The molecule has 103 valence electrons. The number of hydrogen-bond acceptors (Lipinski definition) is 1. The van der Waals surface area contributed by atoms with Gasteiger partial charge in [-0.25, -0.2) is 0 Å². The molecule has 0 atom stereocenters. The van der Waals surface area contributed by atoms with Crippen molar-refractivity contribution < 1.29 is 37.5 Å². The molecule has 0 spiro atoms. The first-order chi connectivity index (χ1) is 7.63. The molecule has 0 aliphatic rings. The molecule has 0 rings (SSSR count). The summed E-state index contributed by atoms with van der Waals surface area (Å²) in [4.78, 5) is 10.3. The van der Waals surface area contributed by atoms with E-state index >= 15 is 0 Å². The zero-order valence-electron chi connectivity index (χ0n) is 12.6. The number of nitrogens with one attached hydrogen (secondary N) is 1. The van der Waals surface area contributed by atoms with Gasteiger partial charge in [0.2, 0.25) is 0 Å². The molecule has 3 heteroatoms. The Morgan fingerprint density at radius 1 is 1.33 bits per heavy atom. The maximum absolute atomic E-state index is 10.3. The van der Waals surface area contributed by atoms with E-state index in [0.717, 1.165) is 12.8 Å². The number of carbonyl (C=O) groups excluding carboxylic acids is 1. The summed E-state index contributed by atoms with van der Waals surface area (Å²) in [5.41, 5.74) is 0.250. The van der Waals surface area contributed by atoms with Crippen LogP contribution in [0.1, 0.15) is 47.5 Å². The van der Waals surface area contributed by atoms with Gasteiger partial charge in [-0.15, -0.1) is 11.8 Å². The molecule has 0 aromatic rings. The summed E-state index contributed by atoms with van der Waals surface area (Å²) >= 11 is 0. The van der Waals surface area contributed by atoms with Crippen molar-refractivity contribution in [2.75, 3.05) is 6.54 Å². The summed E-state index contributed by atoms with van der Waals surface area (Å²) in [6.07, 6.45) is 1.75. The Kier molecular flexibility index (Phi) is 17.3. The Hall–Kier alpha value is 0.00390. The van der Waals surface area contributed by atoms with E-state index in [1.54, 1.807) is 0 Å². The molecule has 2 nitrogen and oxygen atoms in total. The molecule has 1 amide bonds. The van der Waals surface area contributed by atoms with Gasteiger partial charge in [0, 0.05) is 51.6 Å². The summed E-state index contributed by atoms with van der Waals surface area (Å²) in [7, 11) is 0. The second kappa shape index (κ2) is 13.4. The molecule has 0 aliphatic heterocycles. The van der Waals surface area contributed by atoms with E-state index in [1.807, 2.05) is 0 Å². The van der Waals surface area contributed by atoms with Crippen LogP contribution < -0.4 is 5.32 Å². The first-order valence-corrected chi connectivity index (χ1v) is 6.06. The third-order valence-electron chi connectivity index (χ3n) is 1.19. The van der Waals surface area contributed by atoms with Crippen LogP contribution in [0.15, 0.2) is 0 Å². The molecule has 0 fully saturated rings. The second-order valence-electron chi connectivity index (χ2n) is 5.49. The monoisotopic (exact) mass is 326 g/mol. The Morgan fingerprint density at radius 2 is 1.78 bits per heavy atom.